The third-order valence-corrected chi connectivity index (χ3v) is 8.74. The summed E-state index contributed by atoms with van der Waals surface area (Å²) in [7, 11) is -1.82. The number of rotatable bonds is 3. The van der Waals surface area contributed by atoms with Crippen LogP contribution in [0.15, 0.2) is 0 Å². The molecule has 1 unspecified atom stereocenters. The van der Waals surface area contributed by atoms with Crippen LogP contribution in [0.4, 0.5) is 0 Å². The van der Waals surface area contributed by atoms with E-state index in [1.807, 2.05) is 6.92 Å². The van der Waals surface area contributed by atoms with Gasteiger partial charge in [0.05, 0.1) is 18.8 Å². The fourth-order valence-electron chi connectivity index (χ4n) is 1.75. The Balaban J connectivity index is 2.70. The van der Waals surface area contributed by atoms with Crippen LogP contribution < -0.4 is 0 Å². The first-order chi connectivity index (χ1) is 7.82. The molecule has 0 bridgehead atoms. The van der Waals surface area contributed by atoms with Gasteiger partial charge in [-0.2, -0.15) is 0 Å². The van der Waals surface area contributed by atoms with Crippen molar-refractivity contribution in [2.45, 2.75) is 70.9 Å². The lowest BCUT2D eigenvalue weighted by Gasteiger charge is -2.40. The normalized spacial score (nSPS) is 29.8. The Morgan fingerprint density at radius 2 is 1.78 bits per heavy atom. The van der Waals surface area contributed by atoms with E-state index < -0.39 is 19.6 Å². The van der Waals surface area contributed by atoms with Gasteiger partial charge in [0.25, 0.3) is 0 Å². The molecule has 0 aliphatic carbocycles. The summed E-state index contributed by atoms with van der Waals surface area (Å²) < 4.78 is 11.7. The molecule has 1 fully saturated rings. The maximum atomic E-state index is 12.2. The predicted molar refractivity (Wildman–Crippen MR) is 74.1 cm³/mol. The second-order valence-corrected chi connectivity index (χ2v) is 12.4. The van der Waals surface area contributed by atoms with Gasteiger partial charge in [-0.1, -0.05) is 20.8 Å². The topological polar surface area (TPSA) is 41.6 Å². The lowest BCUT2D eigenvalue weighted by molar-refractivity contribution is -0.283. The Hall–Kier alpha value is 0.0569. The molecule has 1 aliphatic heterocycles. The van der Waals surface area contributed by atoms with E-state index in [0.717, 1.165) is 5.06 Å². The van der Waals surface area contributed by atoms with Crippen LogP contribution in [-0.4, -0.2) is 37.9 Å². The van der Waals surface area contributed by atoms with Crippen LogP contribution in [0.2, 0.25) is 18.1 Å². The van der Waals surface area contributed by atoms with E-state index in [1.54, 1.807) is 13.8 Å². The highest BCUT2D eigenvalue weighted by atomic mass is 28.4. The van der Waals surface area contributed by atoms with Gasteiger partial charge >= 0.3 is 0 Å². The molecule has 1 rings (SSSR count). The summed E-state index contributed by atoms with van der Waals surface area (Å²) in [6.45, 7) is 17.4. The maximum absolute atomic E-state index is 12.2. The quantitative estimate of drug-likeness (QED) is 0.742. The summed E-state index contributed by atoms with van der Waals surface area (Å²) in [5.41, 5.74) is -1.31. The highest BCUT2D eigenvalue weighted by molar-refractivity contribution is 6.74. The SMILES string of the molecule is CC1(CO[Si](C)(C)C(C)(C)C)COC(C)(C)N1[O]. The van der Waals surface area contributed by atoms with Gasteiger partial charge in [-0.25, -0.2) is 0 Å². The Labute approximate surface area is 112 Å². The predicted octanol–water partition coefficient (Wildman–Crippen LogP) is 3.18. The highest BCUT2D eigenvalue weighted by Crippen LogP contribution is 2.39. The molecule has 0 spiro atoms. The molecule has 5 heteroatoms. The van der Waals surface area contributed by atoms with E-state index >= 15 is 0 Å². The van der Waals surface area contributed by atoms with Crippen LogP contribution in [0.3, 0.4) is 0 Å². The van der Waals surface area contributed by atoms with Crippen molar-refractivity contribution in [1.82, 2.24) is 5.06 Å². The van der Waals surface area contributed by atoms with Gasteiger partial charge in [0.15, 0.2) is 8.32 Å². The monoisotopic (exact) mass is 274 g/mol. The minimum absolute atomic E-state index is 0.159. The van der Waals surface area contributed by atoms with E-state index in [4.69, 9.17) is 9.16 Å². The fraction of sp³-hybridized carbons (Fsp3) is 1.00. The summed E-state index contributed by atoms with van der Waals surface area (Å²) in [4.78, 5) is 0. The molecule has 1 aliphatic rings. The summed E-state index contributed by atoms with van der Waals surface area (Å²) in [6.07, 6.45) is 0. The molecule has 0 aromatic rings. The molecule has 0 amide bonds. The smallest absolute Gasteiger partial charge is 0.192 e. The third-order valence-electron chi connectivity index (χ3n) is 4.27. The molecule has 4 nitrogen and oxygen atoms in total. The van der Waals surface area contributed by atoms with Crippen LogP contribution >= 0.6 is 0 Å². The first kappa shape index (κ1) is 16.1. The van der Waals surface area contributed by atoms with Crippen LogP contribution in [0, 0.1) is 0 Å². The zero-order chi connectivity index (χ0) is 14.4. The molecular formula is C13H28NO3Si. The number of hydroxylamine groups is 2. The van der Waals surface area contributed by atoms with Crippen molar-refractivity contribution in [2.75, 3.05) is 13.2 Å². The molecule has 1 saturated heterocycles. The minimum atomic E-state index is -1.82. The van der Waals surface area contributed by atoms with Gasteiger partial charge in [0.1, 0.15) is 5.72 Å². The summed E-state index contributed by atoms with van der Waals surface area (Å²) >= 11 is 0. The van der Waals surface area contributed by atoms with Crippen molar-refractivity contribution in [3.05, 3.63) is 0 Å². The van der Waals surface area contributed by atoms with Gasteiger partial charge in [0.2, 0.25) is 0 Å². The van der Waals surface area contributed by atoms with Crippen LogP contribution in [0.5, 0.6) is 0 Å². The maximum Gasteiger partial charge on any atom is 0.192 e. The first-order valence-electron chi connectivity index (χ1n) is 6.57. The lowest BCUT2D eigenvalue weighted by atomic mass is 10.1. The molecule has 107 valence electrons. The molecule has 1 heterocycles. The van der Waals surface area contributed by atoms with Gasteiger partial charge in [0, 0.05) is 0 Å². The standard InChI is InChI=1S/C13H28NO3Si/c1-11(2,3)18(7,8)17-10-13(6)9-16-12(4,5)14(13)15/h9-10H2,1-8H3. The average Bonchev–Trinajstić information content (AvgIpc) is 2.39. The first-order valence-corrected chi connectivity index (χ1v) is 9.48. The van der Waals surface area contributed by atoms with Crippen molar-refractivity contribution in [3.8, 4) is 0 Å². The Morgan fingerprint density at radius 3 is 2.11 bits per heavy atom. The van der Waals surface area contributed by atoms with Crippen molar-refractivity contribution >= 4 is 8.32 Å². The Kier molecular flexibility index (Phi) is 4.08. The van der Waals surface area contributed by atoms with Crippen LogP contribution in [0.1, 0.15) is 41.5 Å². The van der Waals surface area contributed by atoms with E-state index in [9.17, 15) is 5.21 Å². The number of hydrogen-bond acceptors (Lipinski definition) is 3. The highest BCUT2D eigenvalue weighted by Gasteiger charge is 2.51. The number of nitrogens with zero attached hydrogens (tertiary/aromatic N) is 1. The molecule has 0 aromatic carbocycles. The van der Waals surface area contributed by atoms with Crippen molar-refractivity contribution in [3.63, 3.8) is 0 Å². The second-order valence-electron chi connectivity index (χ2n) is 7.58. The van der Waals surface area contributed by atoms with E-state index in [0.29, 0.717) is 13.2 Å². The molecule has 1 atom stereocenters. The second kappa shape index (κ2) is 4.56. The Morgan fingerprint density at radius 1 is 1.28 bits per heavy atom. The van der Waals surface area contributed by atoms with Gasteiger partial charge in [-0.15, -0.1) is 10.3 Å². The van der Waals surface area contributed by atoms with E-state index in [-0.39, 0.29) is 5.04 Å². The Bertz CT molecular complexity index is 312. The van der Waals surface area contributed by atoms with Crippen LogP contribution in [-0.2, 0) is 14.4 Å². The van der Waals surface area contributed by atoms with Crippen molar-refractivity contribution in [1.29, 1.82) is 0 Å². The molecule has 1 radical (unpaired) electrons. The zero-order valence-electron chi connectivity index (χ0n) is 13.1. The minimum Gasteiger partial charge on any atom is -0.415 e. The van der Waals surface area contributed by atoms with Crippen LogP contribution in [0.25, 0.3) is 0 Å². The number of ether oxygens (including phenoxy) is 1. The van der Waals surface area contributed by atoms with Gasteiger partial charge < -0.3 is 9.16 Å². The fourth-order valence-corrected chi connectivity index (χ4v) is 2.86. The third kappa shape index (κ3) is 2.96. The van der Waals surface area contributed by atoms with Gasteiger partial charge in [-0.3, -0.25) is 0 Å². The lowest BCUT2D eigenvalue weighted by Crippen LogP contribution is -2.53. The summed E-state index contributed by atoms with van der Waals surface area (Å²) in [5, 5.41) is 13.5. The molecule has 0 saturated carbocycles. The van der Waals surface area contributed by atoms with E-state index in [1.165, 1.54) is 0 Å². The molecular weight excluding hydrogens is 246 g/mol. The number of hydrogen-bond donors (Lipinski definition) is 0. The average molecular weight is 274 g/mol. The summed E-state index contributed by atoms with van der Waals surface area (Å²) in [6, 6.07) is 0. The van der Waals surface area contributed by atoms with Crippen molar-refractivity contribution in [2.24, 2.45) is 0 Å². The molecule has 0 aromatic heterocycles. The molecule has 18 heavy (non-hydrogen) atoms. The zero-order valence-corrected chi connectivity index (χ0v) is 14.1. The largest absolute Gasteiger partial charge is 0.415 e. The molecule has 0 N–H and O–H groups in total. The van der Waals surface area contributed by atoms with E-state index in [2.05, 4.69) is 33.9 Å². The van der Waals surface area contributed by atoms with Gasteiger partial charge in [-0.05, 0) is 38.9 Å². The summed E-state index contributed by atoms with van der Waals surface area (Å²) in [5.74, 6) is 0. The van der Waals surface area contributed by atoms with Crippen molar-refractivity contribution < 1.29 is 14.4 Å².